The van der Waals surface area contributed by atoms with Gasteiger partial charge in [-0.2, -0.15) is 0 Å². The molecular weight excluding hydrogens is 383 g/mol. The first-order valence-corrected chi connectivity index (χ1v) is 7.18. The van der Waals surface area contributed by atoms with E-state index in [2.05, 4.69) is 33.1 Å². The Morgan fingerprint density at radius 2 is 2.00 bits per heavy atom. The number of rotatable bonds is 3. The van der Waals surface area contributed by atoms with Crippen molar-refractivity contribution < 1.29 is 15.1 Å². The number of halogens is 1. The Balaban J connectivity index is 2.26. The van der Waals surface area contributed by atoms with Crippen molar-refractivity contribution >= 4 is 39.9 Å². The molecule has 0 aliphatic rings. The van der Waals surface area contributed by atoms with Crippen molar-refractivity contribution in [2.75, 3.05) is 5.32 Å². The normalized spacial score (nSPS) is 11.2. The predicted molar refractivity (Wildman–Crippen MR) is 89.2 cm³/mol. The number of benzene rings is 2. The molecular formula is C15H13IN2O3. The number of hydrogen-bond donors (Lipinski definition) is 3. The third kappa shape index (κ3) is 3.72. The molecule has 0 fully saturated rings. The summed E-state index contributed by atoms with van der Waals surface area (Å²) in [7, 11) is 0. The van der Waals surface area contributed by atoms with E-state index in [-0.39, 0.29) is 11.3 Å². The minimum Gasteiger partial charge on any atom is -0.507 e. The van der Waals surface area contributed by atoms with Crippen LogP contribution >= 0.6 is 22.6 Å². The average molecular weight is 396 g/mol. The molecule has 1 amide bonds. The summed E-state index contributed by atoms with van der Waals surface area (Å²) in [5.74, 6) is -0.473. The van der Waals surface area contributed by atoms with Crippen LogP contribution in [0, 0.1) is 3.57 Å². The van der Waals surface area contributed by atoms with E-state index < -0.39 is 5.91 Å². The molecule has 0 radical (unpaired) electrons. The van der Waals surface area contributed by atoms with Gasteiger partial charge in [0.05, 0.1) is 11.3 Å². The fourth-order valence-corrected chi connectivity index (χ4v) is 2.26. The van der Waals surface area contributed by atoms with E-state index in [1.807, 2.05) is 0 Å². The lowest BCUT2D eigenvalue weighted by Crippen LogP contribution is -2.12. The Hall–Kier alpha value is -2.09. The molecule has 0 spiro atoms. The number of carbonyl (C=O) groups is 1. The van der Waals surface area contributed by atoms with E-state index in [0.29, 0.717) is 17.0 Å². The van der Waals surface area contributed by atoms with Gasteiger partial charge in [0.1, 0.15) is 5.75 Å². The van der Waals surface area contributed by atoms with Crippen LogP contribution in [0.1, 0.15) is 22.8 Å². The van der Waals surface area contributed by atoms with E-state index in [4.69, 9.17) is 5.21 Å². The zero-order valence-corrected chi connectivity index (χ0v) is 13.3. The van der Waals surface area contributed by atoms with Crippen LogP contribution in [0.15, 0.2) is 47.6 Å². The summed E-state index contributed by atoms with van der Waals surface area (Å²) in [6.07, 6.45) is 0. The second kappa shape index (κ2) is 6.57. The van der Waals surface area contributed by atoms with Gasteiger partial charge >= 0.3 is 0 Å². The summed E-state index contributed by atoms with van der Waals surface area (Å²) in [5.41, 5.74) is 1.91. The van der Waals surface area contributed by atoms with Gasteiger partial charge in [-0.1, -0.05) is 17.3 Å². The van der Waals surface area contributed by atoms with Crippen molar-refractivity contribution in [3.8, 4) is 5.75 Å². The number of phenolic OH excluding ortho intramolecular Hbond substituents is 1. The molecule has 2 rings (SSSR count). The maximum Gasteiger partial charge on any atom is 0.259 e. The smallest absolute Gasteiger partial charge is 0.259 e. The second-order valence-corrected chi connectivity index (χ2v) is 5.63. The number of nitrogens with one attached hydrogen (secondary N) is 1. The van der Waals surface area contributed by atoms with Crippen LogP contribution in [0.2, 0.25) is 0 Å². The highest BCUT2D eigenvalue weighted by atomic mass is 127. The lowest BCUT2D eigenvalue weighted by atomic mass is 10.1. The first-order chi connectivity index (χ1) is 10.0. The molecule has 0 atom stereocenters. The Morgan fingerprint density at radius 3 is 2.71 bits per heavy atom. The van der Waals surface area contributed by atoms with Gasteiger partial charge in [-0.25, -0.2) is 0 Å². The van der Waals surface area contributed by atoms with Crippen LogP contribution in [0.5, 0.6) is 5.75 Å². The maximum absolute atomic E-state index is 12.2. The third-order valence-corrected chi connectivity index (χ3v) is 3.56. The molecule has 3 N–H and O–H groups in total. The largest absolute Gasteiger partial charge is 0.507 e. The summed E-state index contributed by atoms with van der Waals surface area (Å²) < 4.78 is 0.854. The van der Waals surface area contributed by atoms with Crippen molar-refractivity contribution in [2.45, 2.75) is 6.92 Å². The van der Waals surface area contributed by atoms with Crippen molar-refractivity contribution in [2.24, 2.45) is 5.16 Å². The third-order valence-electron chi connectivity index (χ3n) is 2.89. The molecule has 0 aliphatic heterocycles. The molecule has 0 saturated heterocycles. The number of anilines is 1. The average Bonchev–Trinajstić information content (AvgIpc) is 2.49. The zero-order chi connectivity index (χ0) is 15.4. The van der Waals surface area contributed by atoms with E-state index >= 15 is 0 Å². The minimum absolute atomic E-state index is 0.0721. The van der Waals surface area contributed by atoms with Crippen LogP contribution in [-0.2, 0) is 0 Å². The van der Waals surface area contributed by atoms with Gasteiger partial charge in [0, 0.05) is 14.8 Å². The quantitative estimate of drug-likeness (QED) is 0.322. The Labute approximate surface area is 135 Å². The summed E-state index contributed by atoms with van der Waals surface area (Å²) in [5, 5.41) is 24.4. The van der Waals surface area contributed by atoms with E-state index in [9.17, 15) is 9.90 Å². The van der Waals surface area contributed by atoms with Crippen LogP contribution in [0.4, 0.5) is 5.69 Å². The van der Waals surface area contributed by atoms with Crippen molar-refractivity contribution in [3.05, 3.63) is 57.2 Å². The van der Waals surface area contributed by atoms with Gasteiger partial charge in [-0.3, -0.25) is 4.79 Å². The summed E-state index contributed by atoms with van der Waals surface area (Å²) in [4.78, 5) is 12.2. The molecule has 0 heterocycles. The molecule has 2 aromatic carbocycles. The van der Waals surface area contributed by atoms with Gasteiger partial charge in [0.25, 0.3) is 5.91 Å². The Kier molecular flexibility index (Phi) is 4.79. The van der Waals surface area contributed by atoms with E-state index in [1.54, 1.807) is 43.3 Å². The molecule has 6 heteroatoms. The highest BCUT2D eigenvalue weighted by Gasteiger charge is 2.12. The zero-order valence-electron chi connectivity index (χ0n) is 11.2. The fourth-order valence-electron chi connectivity index (χ4n) is 1.77. The molecule has 0 aliphatic carbocycles. The number of aromatic hydroxyl groups is 1. The number of oxime groups is 1. The fraction of sp³-hybridized carbons (Fsp3) is 0.0667. The second-order valence-electron chi connectivity index (χ2n) is 4.38. The summed E-state index contributed by atoms with van der Waals surface area (Å²) in [6, 6.07) is 11.7. The number of phenols is 1. The predicted octanol–water partition coefficient (Wildman–Crippen LogP) is 3.45. The number of nitrogens with zero attached hydrogens (tertiary/aromatic N) is 1. The van der Waals surface area contributed by atoms with Gasteiger partial charge < -0.3 is 15.6 Å². The summed E-state index contributed by atoms with van der Waals surface area (Å²) >= 11 is 2.07. The summed E-state index contributed by atoms with van der Waals surface area (Å²) in [6.45, 7) is 1.66. The van der Waals surface area contributed by atoms with Crippen molar-refractivity contribution in [1.29, 1.82) is 0 Å². The maximum atomic E-state index is 12.2. The first-order valence-electron chi connectivity index (χ1n) is 6.10. The number of amides is 1. The van der Waals surface area contributed by atoms with Gasteiger partial charge in [-0.05, 0) is 59.8 Å². The standard InChI is InChI=1S/C15H13IN2O3/c1-9(18-21)10-3-2-4-12(7-10)17-15(20)13-8-11(16)5-6-14(13)19/h2-8,19,21H,1H3,(H,17,20)/b18-9-. The lowest BCUT2D eigenvalue weighted by molar-refractivity contribution is 0.102. The molecule has 2 aromatic rings. The minimum atomic E-state index is -0.401. The highest BCUT2D eigenvalue weighted by Crippen LogP contribution is 2.21. The highest BCUT2D eigenvalue weighted by molar-refractivity contribution is 14.1. The molecule has 108 valence electrons. The molecule has 0 bridgehead atoms. The number of carbonyl (C=O) groups excluding carboxylic acids is 1. The van der Waals surface area contributed by atoms with E-state index in [0.717, 1.165) is 3.57 Å². The Bertz CT molecular complexity index is 714. The molecule has 0 unspecified atom stereocenters. The van der Waals surface area contributed by atoms with Crippen LogP contribution in [0.3, 0.4) is 0 Å². The lowest BCUT2D eigenvalue weighted by Gasteiger charge is -2.08. The molecule has 0 aromatic heterocycles. The number of hydrogen-bond acceptors (Lipinski definition) is 4. The molecule has 5 nitrogen and oxygen atoms in total. The van der Waals surface area contributed by atoms with Gasteiger partial charge in [0.2, 0.25) is 0 Å². The monoisotopic (exact) mass is 396 g/mol. The van der Waals surface area contributed by atoms with Gasteiger partial charge in [-0.15, -0.1) is 0 Å². The van der Waals surface area contributed by atoms with Gasteiger partial charge in [0.15, 0.2) is 0 Å². The van der Waals surface area contributed by atoms with Crippen LogP contribution in [0.25, 0.3) is 0 Å². The molecule has 21 heavy (non-hydrogen) atoms. The Morgan fingerprint density at radius 1 is 1.24 bits per heavy atom. The van der Waals surface area contributed by atoms with Crippen LogP contribution < -0.4 is 5.32 Å². The topological polar surface area (TPSA) is 81.9 Å². The molecule has 0 saturated carbocycles. The van der Waals surface area contributed by atoms with Crippen molar-refractivity contribution in [1.82, 2.24) is 0 Å². The van der Waals surface area contributed by atoms with E-state index in [1.165, 1.54) is 6.07 Å². The van der Waals surface area contributed by atoms with Crippen LogP contribution in [-0.4, -0.2) is 21.9 Å². The first kappa shape index (κ1) is 15.3. The van der Waals surface area contributed by atoms with Crippen molar-refractivity contribution in [3.63, 3.8) is 0 Å². The SMILES string of the molecule is C/C(=N/O)c1cccc(NC(=O)c2cc(I)ccc2O)c1.